The molecule has 2 aromatic rings. The molecule has 0 aliphatic carbocycles. The number of hydrogen-bond acceptors (Lipinski definition) is 5. The topological polar surface area (TPSA) is 96.4 Å². The maximum absolute atomic E-state index is 12.1. The van der Waals surface area contributed by atoms with Gasteiger partial charge in [-0.3, -0.25) is 4.72 Å². The molecule has 6 nitrogen and oxygen atoms in total. The highest BCUT2D eigenvalue weighted by molar-refractivity contribution is 7.94. The molecule has 0 radical (unpaired) electrons. The zero-order valence-corrected chi connectivity index (χ0v) is 12.4. The number of rotatable bonds is 4. The van der Waals surface area contributed by atoms with Crippen molar-refractivity contribution in [1.82, 2.24) is 4.98 Å². The number of nitrogens with zero attached hydrogens (tertiary/aromatic N) is 1. The molecule has 0 amide bonds. The van der Waals surface area contributed by atoms with Gasteiger partial charge in [-0.15, -0.1) is 11.3 Å². The minimum absolute atomic E-state index is 0.110. The molecule has 20 heavy (non-hydrogen) atoms. The largest absolute Gasteiger partial charge is 0.478 e. The number of nitrogens with one attached hydrogen (secondary N) is 1. The molecular formula is C12H12N2O4S2. The molecule has 1 aromatic carbocycles. The summed E-state index contributed by atoms with van der Waals surface area (Å²) in [5, 5.41) is 9.52. The van der Waals surface area contributed by atoms with E-state index in [0.29, 0.717) is 16.3 Å². The Bertz CT molecular complexity index is 766. The van der Waals surface area contributed by atoms with Gasteiger partial charge >= 0.3 is 5.97 Å². The van der Waals surface area contributed by atoms with Crippen molar-refractivity contribution in [1.29, 1.82) is 0 Å². The standard InChI is InChI=1S/C12H12N2O4S2/c1-7-5-9(12(15)16)3-4-10(7)14-20(17,18)11-6-13-8(2)19-11/h3-6,14H,1-2H3,(H,15,16). The van der Waals surface area contributed by atoms with Gasteiger partial charge in [0.05, 0.1) is 22.5 Å². The Hall–Kier alpha value is -1.93. The molecule has 2 rings (SSSR count). The Balaban J connectivity index is 2.32. The molecule has 8 heteroatoms. The molecule has 1 aromatic heterocycles. The maximum Gasteiger partial charge on any atom is 0.335 e. The molecule has 1 heterocycles. The van der Waals surface area contributed by atoms with Crippen molar-refractivity contribution in [2.75, 3.05) is 4.72 Å². The summed E-state index contributed by atoms with van der Waals surface area (Å²) in [6, 6.07) is 4.20. The van der Waals surface area contributed by atoms with E-state index in [-0.39, 0.29) is 9.77 Å². The third-order valence-electron chi connectivity index (χ3n) is 2.58. The highest BCUT2D eigenvalue weighted by Gasteiger charge is 2.18. The van der Waals surface area contributed by atoms with Crippen LogP contribution in [0.5, 0.6) is 0 Å². The summed E-state index contributed by atoms with van der Waals surface area (Å²) in [5.74, 6) is -1.06. The van der Waals surface area contributed by atoms with E-state index >= 15 is 0 Å². The van der Waals surface area contributed by atoms with Crippen LogP contribution in [0.1, 0.15) is 20.9 Å². The van der Waals surface area contributed by atoms with Gasteiger partial charge in [-0.1, -0.05) is 0 Å². The predicted octanol–water partition coefficient (Wildman–Crippen LogP) is 2.26. The number of carbonyl (C=O) groups is 1. The second kappa shape index (κ2) is 5.22. The van der Waals surface area contributed by atoms with E-state index in [2.05, 4.69) is 9.71 Å². The molecule has 0 fully saturated rings. The first-order chi connectivity index (χ1) is 9.29. The van der Waals surface area contributed by atoms with Crippen LogP contribution < -0.4 is 4.72 Å². The minimum atomic E-state index is -3.69. The second-order valence-electron chi connectivity index (χ2n) is 4.14. The zero-order valence-electron chi connectivity index (χ0n) is 10.7. The summed E-state index contributed by atoms with van der Waals surface area (Å²) in [7, 11) is -3.69. The number of aromatic carboxylic acids is 1. The van der Waals surface area contributed by atoms with Gasteiger partial charge in [0.15, 0.2) is 4.21 Å². The summed E-state index contributed by atoms with van der Waals surface area (Å²) < 4.78 is 26.8. The number of anilines is 1. The lowest BCUT2D eigenvalue weighted by molar-refractivity contribution is 0.0697. The van der Waals surface area contributed by atoms with Crippen LogP contribution >= 0.6 is 11.3 Å². The third kappa shape index (κ3) is 2.97. The average Bonchev–Trinajstić information content (AvgIpc) is 2.79. The second-order valence-corrected chi connectivity index (χ2v) is 7.28. The Morgan fingerprint density at radius 2 is 2.05 bits per heavy atom. The number of thiazole rings is 1. The summed E-state index contributed by atoms with van der Waals surface area (Å²) in [6.45, 7) is 3.36. The van der Waals surface area contributed by atoms with Gasteiger partial charge in [0.1, 0.15) is 0 Å². The lowest BCUT2D eigenvalue weighted by Gasteiger charge is -2.09. The van der Waals surface area contributed by atoms with E-state index in [9.17, 15) is 13.2 Å². The number of sulfonamides is 1. The molecule has 0 atom stereocenters. The summed E-state index contributed by atoms with van der Waals surface area (Å²) in [4.78, 5) is 14.7. The fourth-order valence-corrected chi connectivity index (χ4v) is 3.81. The van der Waals surface area contributed by atoms with Crippen molar-refractivity contribution in [3.8, 4) is 0 Å². The summed E-state index contributed by atoms with van der Waals surface area (Å²) in [5.41, 5.74) is 0.995. The van der Waals surface area contributed by atoms with Gasteiger partial charge in [-0.2, -0.15) is 0 Å². The fraction of sp³-hybridized carbons (Fsp3) is 0.167. The molecule has 0 bridgehead atoms. The molecule has 106 valence electrons. The van der Waals surface area contributed by atoms with Crippen LogP contribution in [0.2, 0.25) is 0 Å². The molecule has 0 spiro atoms. The summed E-state index contributed by atoms with van der Waals surface area (Å²) >= 11 is 1.07. The Morgan fingerprint density at radius 1 is 1.35 bits per heavy atom. The number of carboxylic acid groups (broad SMARTS) is 1. The fourth-order valence-electron chi connectivity index (χ4n) is 1.57. The SMILES string of the molecule is Cc1ncc(S(=O)(=O)Nc2ccc(C(=O)O)cc2C)s1. The number of aromatic nitrogens is 1. The van der Waals surface area contributed by atoms with Gasteiger partial charge in [0.25, 0.3) is 10.0 Å². The molecule has 2 N–H and O–H groups in total. The summed E-state index contributed by atoms with van der Waals surface area (Å²) in [6.07, 6.45) is 1.29. The quantitative estimate of drug-likeness (QED) is 0.902. The smallest absolute Gasteiger partial charge is 0.335 e. The average molecular weight is 312 g/mol. The van der Waals surface area contributed by atoms with Crippen LogP contribution in [0.25, 0.3) is 0 Å². The monoisotopic (exact) mass is 312 g/mol. The Morgan fingerprint density at radius 3 is 2.55 bits per heavy atom. The highest BCUT2D eigenvalue weighted by Crippen LogP contribution is 2.24. The number of benzene rings is 1. The van der Waals surface area contributed by atoms with Crippen molar-refractivity contribution in [2.45, 2.75) is 18.1 Å². The van der Waals surface area contributed by atoms with Gasteiger partial charge in [-0.25, -0.2) is 18.2 Å². The number of aryl methyl sites for hydroxylation is 2. The molecule has 0 aliphatic heterocycles. The van der Waals surface area contributed by atoms with E-state index in [1.165, 1.54) is 24.4 Å². The first kappa shape index (κ1) is 14.5. The van der Waals surface area contributed by atoms with Crippen molar-refractivity contribution < 1.29 is 18.3 Å². The van der Waals surface area contributed by atoms with E-state index in [0.717, 1.165) is 11.3 Å². The molecular weight excluding hydrogens is 300 g/mol. The van der Waals surface area contributed by atoms with E-state index in [1.807, 2.05) is 0 Å². The van der Waals surface area contributed by atoms with Crippen LogP contribution in [0.4, 0.5) is 5.69 Å². The lowest BCUT2D eigenvalue weighted by Crippen LogP contribution is -2.12. The third-order valence-corrected chi connectivity index (χ3v) is 5.32. The molecule has 0 saturated carbocycles. The van der Waals surface area contributed by atoms with Crippen molar-refractivity contribution in [3.63, 3.8) is 0 Å². The van der Waals surface area contributed by atoms with Gasteiger partial charge < -0.3 is 5.11 Å². The van der Waals surface area contributed by atoms with Crippen molar-refractivity contribution in [3.05, 3.63) is 40.5 Å². The minimum Gasteiger partial charge on any atom is -0.478 e. The Labute approximate surface area is 120 Å². The lowest BCUT2D eigenvalue weighted by atomic mass is 10.1. The van der Waals surface area contributed by atoms with Crippen LogP contribution in [-0.2, 0) is 10.0 Å². The molecule has 0 aliphatic rings. The molecule has 0 unspecified atom stereocenters. The number of hydrogen-bond donors (Lipinski definition) is 2. The highest BCUT2D eigenvalue weighted by atomic mass is 32.2. The predicted molar refractivity (Wildman–Crippen MR) is 75.8 cm³/mol. The Kier molecular flexibility index (Phi) is 3.78. The van der Waals surface area contributed by atoms with E-state index in [4.69, 9.17) is 5.11 Å². The van der Waals surface area contributed by atoms with E-state index in [1.54, 1.807) is 13.8 Å². The van der Waals surface area contributed by atoms with Crippen LogP contribution in [-0.4, -0.2) is 24.5 Å². The van der Waals surface area contributed by atoms with Crippen LogP contribution in [0.15, 0.2) is 28.6 Å². The van der Waals surface area contributed by atoms with Crippen molar-refractivity contribution in [2.24, 2.45) is 0 Å². The molecule has 0 saturated heterocycles. The van der Waals surface area contributed by atoms with Crippen LogP contribution in [0.3, 0.4) is 0 Å². The van der Waals surface area contributed by atoms with Crippen molar-refractivity contribution >= 4 is 33.0 Å². The first-order valence-electron chi connectivity index (χ1n) is 5.59. The van der Waals surface area contributed by atoms with E-state index < -0.39 is 16.0 Å². The number of carboxylic acids is 1. The van der Waals surface area contributed by atoms with Crippen LogP contribution in [0, 0.1) is 13.8 Å². The maximum atomic E-state index is 12.1. The van der Waals surface area contributed by atoms with Gasteiger partial charge in [-0.05, 0) is 37.6 Å². The normalized spacial score (nSPS) is 11.3. The van der Waals surface area contributed by atoms with Gasteiger partial charge in [0.2, 0.25) is 0 Å². The first-order valence-corrected chi connectivity index (χ1v) is 7.89. The van der Waals surface area contributed by atoms with Gasteiger partial charge in [0, 0.05) is 0 Å². The zero-order chi connectivity index (χ0) is 14.9.